The van der Waals surface area contributed by atoms with Crippen LogP contribution in [0, 0.1) is 5.92 Å². The van der Waals surface area contributed by atoms with Crippen LogP contribution in [0.4, 0.5) is 0 Å². The van der Waals surface area contributed by atoms with Crippen LogP contribution < -0.4 is 0 Å². The second-order valence-corrected chi connectivity index (χ2v) is 4.62. The molecular formula is C14H18. The Morgan fingerprint density at radius 2 is 1.71 bits per heavy atom. The zero-order valence-electron chi connectivity index (χ0n) is 9.46. The van der Waals surface area contributed by atoms with Crippen LogP contribution in [-0.2, 0) is 0 Å². The molecule has 14 heavy (non-hydrogen) atoms. The first kappa shape index (κ1) is 9.51. The molecule has 2 rings (SSSR count). The summed E-state index contributed by atoms with van der Waals surface area (Å²) in [5, 5.41) is 0. The molecule has 1 aliphatic rings. The summed E-state index contributed by atoms with van der Waals surface area (Å²) in [6, 6.07) is 8.81. The smallest absolute Gasteiger partial charge is 0.00803 e. The van der Waals surface area contributed by atoms with Crippen molar-refractivity contribution in [3.05, 3.63) is 41.0 Å². The second kappa shape index (κ2) is 3.27. The fourth-order valence-corrected chi connectivity index (χ4v) is 2.65. The number of benzene rings is 1. The van der Waals surface area contributed by atoms with Crippen LogP contribution in [0.15, 0.2) is 29.8 Å². The molecule has 0 nitrogen and oxygen atoms in total. The van der Waals surface area contributed by atoms with Gasteiger partial charge in [0.1, 0.15) is 0 Å². The minimum Gasteiger partial charge on any atom is -0.0620 e. The van der Waals surface area contributed by atoms with Crippen molar-refractivity contribution in [3.8, 4) is 0 Å². The lowest BCUT2D eigenvalue weighted by Gasteiger charge is -2.18. The number of hydrogen-bond acceptors (Lipinski definition) is 0. The van der Waals surface area contributed by atoms with Crippen LogP contribution in [-0.4, -0.2) is 0 Å². The second-order valence-electron chi connectivity index (χ2n) is 4.62. The number of allylic oxidation sites excluding steroid dienone is 2. The van der Waals surface area contributed by atoms with E-state index in [2.05, 4.69) is 52.0 Å². The summed E-state index contributed by atoms with van der Waals surface area (Å²) in [4.78, 5) is 0. The van der Waals surface area contributed by atoms with E-state index in [-0.39, 0.29) is 0 Å². The number of rotatable bonds is 1. The van der Waals surface area contributed by atoms with Gasteiger partial charge in [-0.1, -0.05) is 43.7 Å². The van der Waals surface area contributed by atoms with Crippen LogP contribution in [0.1, 0.15) is 44.7 Å². The zero-order valence-corrected chi connectivity index (χ0v) is 9.46. The molecule has 0 heterocycles. The molecule has 0 saturated heterocycles. The molecule has 0 amide bonds. The van der Waals surface area contributed by atoms with Crippen molar-refractivity contribution in [2.75, 3.05) is 0 Å². The minimum atomic E-state index is 0.645. The molecule has 1 unspecified atom stereocenters. The van der Waals surface area contributed by atoms with Gasteiger partial charge in [-0.15, -0.1) is 0 Å². The summed E-state index contributed by atoms with van der Waals surface area (Å²) in [5.41, 5.74) is 6.03. The maximum absolute atomic E-state index is 2.31. The van der Waals surface area contributed by atoms with E-state index in [0.717, 1.165) is 0 Å². The Morgan fingerprint density at radius 1 is 1.07 bits per heavy atom. The normalized spacial score (nSPS) is 20.5. The third-order valence-electron chi connectivity index (χ3n) is 3.42. The summed E-state index contributed by atoms with van der Waals surface area (Å²) >= 11 is 0. The Kier molecular flexibility index (Phi) is 2.22. The molecule has 1 aromatic carbocycles. The number of hydrogen-bond donors (Lipinski definition) is 0. The summed E-state index contributed by atoms with van der Waals surface area (Å²) < 4.78 is 0. The van der Waals surface area contributed by atoms with E-state index in [0.29, 0.717) is 11.8 Å². The lowest BCUT2D eigenvalue weighted by atomic mass is 9.86. The highest BCUT2D eigenvalue weighted by atomic mass is 14.3. The Bertz CT molecular complexity index is 383. The molecule has 74 valence electrons. The van der Waals surface area contributed by atoms with E-state index in [1.54, 1.807) is 5.57 Å². The van der Waals surface area contributed by atoms with Gasteiger partial charge in [-0.25, -0.2) is 0 Å². The summed E-state index contributed by atoms with van der Waals surface area (Å²) in [5.74, 6) is 1.35. The van der Waals surface area contributed by atoms with Gasteiger partial charge in [-0.2, -0.15) is 0 Å². The van der Waals surface area contributed by atoms with E-state index in [1.165, 1.54) is 16.7 Å². The lowest BCUT2D eigenvalue weighted by Crippen LogP contribution is -2.04. The topological polar surface area (TPSA) is 0 Å². The molecule has 0 spiro atoms. The molecule has 0 N–H and O–H groups in total. The standard InChI is InChI=1S/C14H18/c1-9(2)14-11(4)10(3)12-7-5-6-8-13(12)14/h5-9,14H,1-4H3. The zero-order chi connectivity index (χ0) is 10.3. The van der Waals surface area contributed by atoms with E-state index >= 15 is 0 Å². The summed E-state index contributed by atoms with van der Waals surface area (Å²) in [6.45, 7) is 9.14. The Morgan fingerprint density at radius 3 is 2.36 bits per heavy atom. The molecule has 0 heteroatoms. The largest absolute Gasteiger partial charge is 0.0620 e. The minimum absolute atomic E-state index is 0.645. The third-order valence-corrected chi connectivity index (χ3v) is 3.42. The van der Waals surface area contributed by atoms with Gasteiger partial charge in [-0.05, 0) is 36.5 Å². The van der Waals surface area contributed by atoms with Crippen LogP contribution in [0.5, 0.6) is 0 Å². The van der Waals surface area contributed by atoms with Gasteiger partial charge in [0.2, 0.25) is 0 Å². The molecule has 0 fully saturated rings. The fourth-order valence-electron chi connectivity index (χ4n) is 2.65. The van der Waals surface area contributed by atoms with Crippen molar-refractivity contribution in [1.82, 2.24) is 0 Å². The van der Waals surface area contributed by atoms with Crippen LogP contribution >= 0.6 is 0 Å². The molecule has 0 aliphatic heterocycles. The summed E-state index contributed by atoms with van der Waals surface area (Å²) in [6.07, 6.45) is 0. The predicted octanol–water partition coefficient (Wildman–Crippen LogP) is 4.23. The Hall–Kier alpha value is -1.04. The van der Waals surface area contributed by atoms with Crippen molar-refractivity contribution >= 4 is 5.57 Å². The van der Waals surface area contributed by atoms with Crippen LogP contribution in [0.3, 0.4) is 0 Å². The van der Waals surface area contributed by atoms with E-state index < -0.39 is 0 Å². The molecule has 0 radical (unpaired) electrons. The first-order chi connectivity index (χ1) is 6.63. The molecule has 1 aromatic rings. The van der Waals surface area contributed by atoms with Gasteiger partial charge < -0.3 is 0 Å². The van der Waals surface area contributed by atoms with E-state index in [4.69, 9.17) is 0 Å². The highest BCUT2D eigenvalue weighted by Gasteiger charge is 2.27. The van der Waals surface area contributed by atoms with Crippen molar-refractivity contribution in [2.24, 2.45) is 5.92 Å². The van der Waals surface area contributed by atoms with E-state index in [1.807, 2.05) is 0 Å². The first-order valence-corrected chi connectivity index (χ1v) is 5.39. The maximum Gasteiger partial charge on any atom is 0.00803 e. The van der Waals surface area contributed by atoms with Gasteiger partial charge in [0.25, 0.3) is 0 Å². The van der Waals surface area contributed by atoms with Crippen molar-refractivity contribution < 1.29 is 0 Å². The molecule has 0 bridgehead atoms. The van der Waals surface area contributed by atoms with Gasteiger partial charge in [0.15, 0.2) is 0 Å². The Labute approximate surface area is 86.7 Å². The van der Waals surface area contributed by atoms with Crippen molar-refractivity contribution in [2.45, 2.75) is 33.6 Å². The average molecular weight is 186 g/mol. The summed E-state index contributed by atoms with van der Waals surface area (Å²) in [7, 11) is 0. The maximum atomic E-state index is 2.31. The SMILES string of the molecule is CC1=C(C)C(C(C)C)c2ccccc21. The highest BCUT2D eigenvalue weighted by molar-refractivity contribution is 5.76. The van der Waals surface area contributed by atoms with Crippen LogP contribution in [0.2, 0.25) is 0 Å². The predicted molar refractivity (Wildman–Crippen MR) is 62.3 cm³/mol. The third kappa shape index (κ3) is 1.21. The van der Waals surface area contributed by atoms with Gasteiger partial charge in [0.05, 0.1) is 0 Å². The highest BCUT2D eigenvalue weighted by Crippen LogP contribution is 2.44. The first-order valence-electron chi connectivity index (χ1n) is 5.39. The van der Waals surface area contributed by atoms with Gasteiger partial charge >= 0.3 is 0 Å². The lowest BCUT2D eigenvalue weighted by molar-refractivity contribution is 0.563. The molecular weight excluding hydrogens is 168 g/mol. The molecule has 1 atom stereocenters. The van der Waals surface area contributed by atoms with Gasteiger partial charge in [0, 0.05) is 5.92 Å². The molecule has 1 aliphatic carbocycles. The quantitative estimate of drug-likeness (QED) is 0.615. The van der Waals surface area contributed by atoms with Gasteiger partial charge in [-0.3, -0.25) is 0 Å². The Balaban J connectivity index is 2.58. The monoisotopic (exact) mass is 186 g/mol. The number of fused-ring (bicyclic) bond motifs is 1. The average Bonchev–Trinajstić information content (AvgIpc) is 2.41. The molecule has 0 aromatic heterocycles. The molecule has 0 saturated carbocycles. The van der Waals surface area contributed by atoms with Crippen molar-refractivity contribution in [3.63, 3.8) is 0 Å². The van der Waals surface area contributed by atoms with Crippen LogP contribution in [0.25, 0.3) is 5.57 Å². The van der Waals surface area contributed by atoms with Crippen molar-refractivity contribution in [1.29, 1.82) is 0 Å². The fraction of sp³-hybridized carbons (Fsp3) is 0.429. The van der Waals surface area contributed by atoms with E-state index in [9.17, 15) is 0 Å².